The van der Waals surface area contributed by atoms with Crippen LogP contribution in [-0.2, 0) is 37.9 Å². The molecule has 0 aliphatic carbocycles. The van der Waals surface area contributed by atoms with Gasteiger partial charge in [0.05, 0.1) is 28.1 Å². The Bertz CT molecular complexity index is 2850. The monoisotopic (exact) mass is 1180 g/mol. The van der Waals surface area contributed by atoms with Crippen molar-refractivity contribution in [2.45, 2.75) is 132 Å². The zero-order chi connectivity index (χ0) is 60.4. The number of thioether (sulfide) groups is 2. The molecule has 0 aliphatic rings. The van der Waals surface area contributed by atoms with Gasteiger partial charge in [-0.2, -0.15) is 0 Å². The Morgan fingerprint density at radius 2 is 0.867 bits per heavy atom. The molecule has 0 fully saturated rings. The average Bonchev–Trinajstić information content (AvgIpc) is 2.23. The molecule has 12 nitrogen and oxygen atoms in total. The van der Waals surface area contributed by atoms with Crippen molar-refractivity contribution >= 4 is 61.4 Å². The quantitative estimate of drug-likeness (QED) is 0.0114. The van der Waals surface area contributed by atoms with Crippen LogP contribution in [0.5, 0.6) is 0 Å². The van der Waals surface area contributed by atoms with E-state index < -0.39 is 95.6 Å². The van der Waals surface area contributed by atoms with Crippen molar-refractivity contribution in [3.05, 3.63) is 228 Å². The highest BCUT2D eigenvalue weighted by Crippen LogP contribution is 2.50. The van der Waals surface area contributed by atoms with Crippen LogP contribution >= 0.6 is 23.5 Å². The fourth-order valence-electron chi connectivity index (χ4n) is 9.87. The Hall–Kier alpha value is -6.75. The number of aliphatic carboxylic acids is 1. The van der Waals surface area contributed by atoms with Crippen LogP contribution in [0.1, 0.15) is 102 Å². The first-order chi connectivity index (χ1) is 39.5. The molecule has 440 valence electrons. The number of hydrogen-bond donors (Lipinski definition) is 6. The van der Waals surface area contributed by atoms with Crippen molar-refractivity contribution in [1.29, 1.82) is 0 Å². The van der Waals surface area contributed by atoms with Gasteiger partial charge in [-0.3, -0.25) is 19.2 Å². The van der Waals surface area contributed by atoms with Crippen LogP contribution in [0.25, 0.3) is 0 Å². The number of amides is 4. The van der Waals surface area contributed by atoms with Crippen molar-refractivity contribution in [3.8, 4) is 0 Å². The highest BCUT2D eigenvalue weighted by atomic mass is 32.2. The fourth-order valence-corrected chi connectivity index (χ4v) is 14.3. The summed E-state index contributed by atoms with van der Waals surface area (Å²) in [4.78, 5) is 70.8. The summed E-state index contributed by atoms with van der Waals surface area (Å²) in [6.07, 6.45) is 1.70. The summed E-state index contributed by atoms with van der Waals surface area (Å²) in [5.74, 6) is -4.20. The van der Waals surface area contributed by atoms with E-state index in [4.69, 9.17) is 4.43 Å². The smallest absolute Gasteiger partial charge is 0.328 e. The molecule has 4 amide bonds. The van der Waals surface area contributed by atoms with Crippen molar-refractivity contribution in [2.75, 3.05) is 11.5 Å². The molecule has 6 atom stereocenters. The van der Waals surface area contributed by atoms with E-state index in [9.17, 15) is 34.2 Å². The van der Waals surface area contributed by atoms with Gasteiger partial charge in [0.25, 0.3) is 0 Å². The van der Waals surface area contributed by atoms with Gasteiger partial charge < -0.3 is 35.9 Å². The number of carbonyl (C=O) groups excluding carboxylic acids is 4. The number of aliphatic hydroxyl groups excluding tert-OH is 1. The minimum Gasteiger partial charge on any atom is -0.480 e. The lowest BCUT2D eigenvalue weighted by atomic mass is 9.84. The van der Waals surface area contributed by atoms with E-state index in [1.165, 1.54) is 11.8 Å². The maximum atomic E-state index is 14.9. The minimum absolute atomic E-state index is 0.0467. The van der Waals surface area contributed by atoms with E-state index in [-0.39, 0.29) is 17.2 Å². The second-order valence-electron chi connectivity index (χ2n) is 23.2. The molecule has 0 heterocycles. The van der Waals surface area contributed by atoms with E-state index in [0.717, 1.165) is 33.4 Å². The molecule has 6 aromatic rings. The zero-order valence-electron chi connectivity index (χ0n) is 49.6. The largest absolute Gasteiger partial charge is 0.480 e. The van der Waals surface area contributed by atoms with E-state index >= 15 is 0 Å². The molecule has 6 N–H and O–H groups in total. The molecule has 0 unspecified atom stereocenters. The summed E-state index contributed by atoms with van der Waals surface area (Å²) in [7, 11) is -2.53. The number of nitrogens with one attached hydrogen (secondary N) is 4. The molecule has 0 radical (unpaired) electrons. The Balaban J connectivity index is 1.19. The lowest BCUT2D eigenvalue weighted by Gasteiger charge is -2.40. The number of rotatable bonds is 29. The molecule has 0 aromatic heterocycles. The molecule has 6 aromatic carbocycles. The van der Waals surface area contributed by atoms with E-state index in [1.807, 2.05) is 149 Å². The van der Waals surface area contributed by atoms with Crippen molar-refractivity contribution in [2.24, 2.45) is 11.8 Å². The third kappa shape index (κ3) is 17.0. The summed E-state index contributed by atoms with van der Waals surface area (Å²) >= 11 is 3.21. The predicted octanol–water partition coefficient (Wildman–Crippen LogP) is 11.9. The third-order valence-corrected chi connectivity index (χ3v) is 23.2. The van der Waals surface area contributed by atoms with Crippen LogP contribution in [0.15, 0.2) is 194 Å². The molecule has 0 spiro atoms. The third-order valence-electron chi connectivity index (χ3n) is 15.4. The van der Waals surface area contributed by atoms with Crippen LogP contribution < -0.4 is 21.3 Å². The maximum absolute atomic E-state index is 14.9. The molecule has 0 saturated carbocycles. The molecule has 15 heteroatoms. The summed E-state index contributed by atoms with van der Waals surface area (Å²) in [5, 5.41) is 32.9. The SMILES string of the molecule is CC(C)[C@@H](NC(=O)C[C@@H](O)/C=C/CCSC(c1ccccc1)(c1ccccc1)c1ccccc1)C(=O)N[C@@H](C(=O)N[C@H](CSC(c1ccccc1)(c1ccccc1)c1ccccc1)C(=O)N[C@H](C(=O)O)[C@@H](C)O[Si](C)(C)C(C)(C)C)C(C)C. The van der Waals surface area contributed by atoms with Gasteiger partial charge in [0.15, 0.2) is 14.4 Å². The molecule has 0 saturated heterocycles. The molecular weight excluding hydrogens is 1090 g/mol. The Labute approximate surface area is 501 Å². The molecule has 0 aliphatic heterocycles. The molecule has 83 heavy (non-hydrogen) atoms. The second-order valence-corrected chi connectivity index (χ2v) is 30.5. The van der Waals surface area contributed by atoms with Gasteiger partial charge in [-0.15, -0.1) is 23.5 Å². The Morgan fingerprint density at radius 3 is 1.23 bits per heavy atom. The van der Waals surface area contributed by atoms with Gasteiger partial charge in [0, 0.05) is 5.75 Å². The first-order valence-corrected chi connectivity index (χ1v) is 33.5. The molecular formula is C68H84N4O8S2Si. The summed E-state index contributed by atoms with van der Waals surface area (Å²) in [6, 6.07) is 55.7. The van der Waals surface area contributed by atoms with Crippen molar-refractivity contribution < 1.29 is 38.6 Å². The van der Waals surface area contributed by atoms with Crippen LogP contribution in [0, 0.1) is 11.8 Å². The number of aliphatic hydroxyl groups is 1. The summed E-state index contributed by atoms with van der Waals surface area (Å²) in [5.41, 5.74) is 6.16. The first-order valence-electron chi connectivity index (χ1n) is 28.6. The fraction of sp³-hybridized carbons (Fsp3) is 0.368. The van der Waals surface area contributed by atoms with Crippen molar-refractivity contribution in [1.82, 2.24) is 21.3 Å². The van der Waals surface area contributed by atoms with Crippen LogP contribution in [0.4, 0.5) is 0 Å². The average molecular weight is 1180 g/mol. The van der Waals surface area contributed by atoms with E-state index in [0.29, 0.717) is 12.2 Å². The van der Waals surface area contributed by atoms with Gasteiger partial charge in [-0.25, -0.2) is 4.79 Å². The topological polar surface area (TPSA) is 183 Å². The van der Waals surface area contributed by atoms with Gasteiger partial charge in [-0.05, 0) is 82.4 Å². The zero-order valence-corrected chi connectivity index (χ0v) is 52.2. The summed E-state index contributed by atoms with van der Waals surface area (Å²) in [6.45, 7) is 18.8. The van der Waals surface area contributed by atoms with Crippen LogP contribution in [0.3, 0.4) is 0 Å². The van der Waals surface area contributed by atoms with Gasteiger partial charge in [-0.1, -0.05) is 243 Å². The number of hydrogen-bond acceptors (Lipinski definition) is 9. The maximum Gasteiger partial charge on any atom is 0.328 e. The molecule has 0 bridgehead atoms. The second kappa shape index (κ2) is 30.2. The number of carboxylic acid groups (broad SMARTS) is 1. The predicted molar refractivity (Wildman–Crippen MR) is 340 cm³/mol. The first kappa shape index (κ1) is 65.4. The van der Waals surface area contributed by atoms with Gasteiger partial charge in [0.2, 0.25) is 23.6 Å². The highest BCUT2D eigenvalue weighted by molar-refractivity contribution is 8.00. The highest BCUT2D eigenvalue weighted by Gasteiger charge is 2.44. The van der Waals surface area contributed by atoms with Crippen molar-refractivity contribution in [3.63, 3.8) is 0 Å². The van der Waals surface area contributed by atoms with E-state index in [2.05, 4.69) is 94.1 Å². The molecule has 6 rings (SSSR count). The Morgan fingerprint density at radius 1 is 0.518 bits per heavy atom. The number of benzene rings is 6. The van der Waals surface area contributed by atoms with E-state index in [1.54, 1.807) is 52.5 Å². The number of allylic oxidation sites excluding steroid dienone is 1. The van der Waals surface area contributed by atoms with Crippen LogP contribution in [0.2, 0.25) is 18.1 Å². The lowest BCUT2D eigenvalue weighted by molar-refractivity contribution is -0.145. The lowest BCUT2D eigenvalue weighted by Crippen LogP contribution is -2.61. The number of carboxylic acids is 1. The Kier molecular flexibility index (Phi) is 23.8. The minimum atomic E-state index is -2.53. The summed E-state index contributed by atoms with van der Waals surface area (Å²) < 4.78 is 5.09. The standard InChI is InChI=1S/C68H84N4O8S2Si/c1-47(2)59(70-58(74)45-56(73)43-29-30-44-81-67(50-31-17-11-18-32-50,51-33-19-12-20-34-51)52-35-21-13-22-36-52)64(77)71-60(48(3)4)63(76)69-57(62(75)72-61(65(78)79)49(5)80-83(9,10)66(6,7)8)46-82-68(53-37-23-14-24-38-53,54-39-25-15-26-40-54)55-41-27-16-28-42-55/h11-29,31-43,47-49,56-57,59-61,73H,30,44-46H2,1-10H3,(H,69,76)(H,70,74)(H,71,77)(H,72,75)(H,78,79)/b43-29+/t49-,56+,57-,59-,60-,61+/m1/s1. The normalized spacial score (nSPS) is 14.5. The van der Waals surface area contributed by atoms with Gasteiger partial charge in [0.1, 0.15) is 18.1 Å². The van der Waals surface area contributed by atoms with Crippen LogP contribution in [-0.4, -0.2) is 96.0 Å². The number of carbonyl (C=O) groups is 5. The van der Waals surface area contributed by atoms with Gasteiger partial charge >= 0.3 is 5.97 Å².